The van der Waals surface area contributed by atoms with Crippen molar-refractivity contribution in [2.75, 3.05) is 6.61 Å². The van der Waals surface area contributed by atoms with E-state index in [1.807, 2.05) is 0 Å². The first-order chi connectivity index (χ1) is 7.79. The van der Waals surface area contributed by atoms with Crippen LogP contribution in [0.3, 0.4) is 0 Å². The molecule has 0 unspecified atom stereocenters. The first kappa shape index (κ1) is 13.8. The molecule has 0 heterocycles. The summed E-state index contributed by atoms with van der Waals surface area (Å²) >= 11 is 0. The van der Waals surface area contributed by atoms with Crippen LogP contribution in [0.15, 0.2) is 18.2 Å². The number of aliphatic hydroxyl groups is 1. The molecule has 0 saturated carbocycles. The second kappa shape index (κ2) is 5.35. The van der Waals surface area contributed by atoms with E-state index >= 15 is 0 Å². The molecule has 0 aliphatic carbocycles. The number of aliphatic hydroxyl groups excluding tert-OH is 1. The van der Waals surface area contributed by atoms with E-state index in [2.05, 4.69) is 0 Å². The molecule has 0 fully saturated rings. The highest BCUT2D eigenvalue weighted by Gasteiger charge is 2.26. The quantitative estimate of drug-likeness (QED) is 0.834. The van der Waals surface area contributed by atoms with E-state index in [0.717, 1.165) is 6.07 Å². The van der Waals surface area contributed by atoms with Gasteiger partial charge in [-0.15, -0.1) is 0 Å². The molecule has 1 atom stereocenters. The fraction of sp³-hybridized carbons (Fsp3) is 0.455. The summed E-state index contributed by atoms with van der Waals surface area (Å²) in [4.78, 5) is 0. The van der Waals surface area contributed by atoms with Gasteiger partial charge in [-0.3, -0.25) is 0 Å². The summed E-state index contributed by atoms with van der Waals surface area (Å²) in [5.41, 5.74) is 0.0770. The van der Waals surface area contributed by atoms with Crippen molar-refractivity contribution in [3.05, 3.63) is 29.6 Å². The molecule has 0 spiro atoms. The summed E-state index contributed by atoms with van der Waals surface area (Å²) in [6.45, 7) is 0.833. The minimum atomic E-state index is -4.29. The monoisotopic (exact) mass is 252 g/mol. The van der Waals surface area contributed by atoms with Crippen LogP contribution in [0, 0.1) is 5.82 Å². The molecule has 0 amide bonds. The summed E-state index contributed by atoms with van der Waals surface area (Å²) in [6.07, 6.45) is -6.36. The summed E-state index contributed by atoms with van der Waals surface area (Å²) in [6, 6.07) is 3.56. The van der Waals surface area contributed by atoms with Crippen LogP contribution < -0.4 is 4.74 Å². The molecule has 0 aromatic heterocycles. The number of hydrogen-bond donors (Lipinski definition) is 1. The van der Waals surface area contributed by atoms with Gasteiger partial charge in [0, 0.05) is 11.6 Å². The number of halogens is 4. The van der Waals surface area contributed by atoms with E-state index in [0.29, 0.717) is 0 Å². The number of hydrogen-bond acceptors (Lipinski definition) is 2. The van der Waals surface area contributed by atoms with Crippen molar-refractivity contribution in [1.29, 1.82) is 0 Å². The van der Waals surface area contributed by atoms with Crippen molar-refractivity contribution < 1.29 is 27.4 Å². The van der Waals surface area contributed by atoms with Gasteiger partial charge in [-0.25, -0.2) is 4.39 Å². The molecular formula is C11H12F4O2. The topological polar surface area (TPSA) is 29.5 Å². The Hall–Kier alpha value is -1.30. The molecule has 1 aromatic carbocycles. The zero-order valence-corrected chi connectivity index (χ0v) is 9.09. The summed E-state index contributed by atoms with van der Waals surface area (Å²) < 4.78 is 53.5. The van der Waals surface area contributed by atoms with Gasteiger partial charge >= 0.3 is 6.18 Å². The molecule has 0 aliphatic heterocycles. The molecular weight excluding hydrogens is 240 g/mol. The Bertz CT molecular complexity index is 374. The lowest BCUT2D eigenvalue weighted by atomic mass is 10.1. The Kier molecular flexibility index (Phi) is 4.34. The van der Waals surface area contributed by atoms with Crippen LogP contribution in [-0.4, -0.2) is 17.9 Å². The van der Waals surface area contributed by atoms with Crippen molar-refractivity contribution in [2.24, 2.45) is 0 Å². The van der Waals surface area contributed by atoms with Crippen molar-refractivity contribution in [3.8, 4) is 5.75 Å². The fourth-order valence-corrected chi connectivity index (χ4v) is 1.22. The molecule has 1 rings (SSSR count). The maximum Gasteiger partial charge on any atom is 0.392 e. The molecule has 0 aliphatic rings. The highest BCUT2D eigenvalue weighted by molar-refractivity contribution is 5.29. The Morgan fingerprint density at radius 1 is 1.35 bits per heavy atom. The van der Waals surface area contributed by atoms with E-state index in [4.69, 9.17) is 9.84 Å². The van der Waals surface area contributed by atoms with E-state index in [9.17, 15) is 17.6 Å². The van der Waals surface area contributed by atoms with Crippen LogP contribution in [0.2, 0.25) is 0 Å². The standard InChI is InChI=1S/C11H12F4O2/c1-7(16)9-3-2-8(6-10(9)12)17-5-4-11(13,14)15/h2-3,6-7,16H,4-5H2,1H3/t7-/m0/s1. The summed E-state index contributed by atoms with van der Waals surface area (Å²) in [5, 5.41) is 9.15. The average molecular weight is 252 g/mol. The Morgan fingerprint density at radius 3 is 2.47 bits per heavy atom. The average Bonchev–Trinajstić information content (AvgIpc) is 2.15. The molecule has 0 bridgehead atoms. The number of benzene rings is 1. The van der Waals surface area contributed by atoms with Crippen LogP contribution in [0.4, 0.5) is 17.6 Å². The third kappa shape index (κ3) is 4.60. The van der Waals surface area contributed by atoms with Crippen molar-refractivity contribution >= 4 is 0 Å². The van der Waals surface area contributed by atoms with E-state index in [1.54, 1.807) is 0 Å². The molecule has 0 saturated heterocycles. The van der Waals surface area contributed by atoms with Gasteiger partial charge in [0.05, 0.1) is 19.1 Å². The van der Waals surface area contributed by atoms with Gasteiger partial charge in [0.2, 0.25) is 0 Å². The first-order valence-corrected chi connectivity index (χ1v) is 4.96. The molecule has 2 nitrogen and oxygen atoms in total. The van der Waals surface area contributed by atoms with Crippen LogP contribution >= 0.6 is 0 Å². The molecule has 17 heavy (non-hydrogen) atoms. The molecule has 96 valence electrons. The number of ether oxygens (including phenoxy) is 1. The van der Waals surface area contributed by atoms with Crippen molar-refractivity contribution in [3.63, 3.8) is 0 Å². The van der Waals surface area contributed by atoms with Gasteiger partial charge in [0.25, 0.3) is 0 Å². The lowest BCUT2D eigenvalue weighted by molar-refractivity contribution is -0.139. The van der Waals surface area contributed by atoms with Gasteiger partial charge in [-0.05, 0) is 19.1 Å². The van der Waals surface area contributed by atoms with Gasteiger partial charge in [0.15, 0.2) is 0 Å². The Morgan fingerprint density at radius 2 is 2.00 bits per heavy atom. The molecule has 0 radical (unpaired) electrons. The van der Waals surface area contributed by atoms with Gasteiger partial charge in [-0.1, -0.05) is 0 Å². The van der Waals surface area contributed by atoms with Crippen LogP contribution in [0.1, 0.15) is 25.0 Å². The summed E-state index contributed by atoms with van der Waals surface area (Å²) in [5.74, 6) is -0.694. The SMILES string of the molecule is C[C@H](O)c1ccc(OCCC(F)(F)F)cc1F. The fourth-order valence-electron chi connectivity index (χ4n) is 1.22. The largest absolute Gasteiger partial charge is 0.493 e. The van der Waals surface area contributed by atoms with E-state index in [1.165, 1.54) is 19.1 Å². The third-order valence-corrected chi connectivity index (χ3v) is 2.08. The Labute approximate surface area is 95.8 Å². The maximum absolute atomic E-state index is 13.3. The lowest BCUT2D eigenvalue weighted by Crippen LogP contribution is -2.13. The molecule has 1 N–H and O–H groups in total. The second-order valence-corrected chi connectivity index (χ2v) is 3.57. The zero-order chi connectivity index (χ0) is 13.1. The van der Waals surface area contributed by atoms with Crippen molar-refractivity contribution in [1.82, 2.24) is 0 Å². The molecule has 6 heteroatoms. The maximum atomic E-state index is 13.3. The number of alkyl halides is 3. The first-order valence-electron chi connectivity index (χ1n) is 4.96. The third-order valence-electron chi connectivity index (χ3n) is 2.08. The second-order valence-electron chi connectivity index (χ2n) is 3.57. The highest BCUT2D eigenvalue weighted by atomic mass is 19.4. The predicted octanol–water partition coefficient (Wildman–Crippen LogP) is 3.21. The zero-order valence-electron chi connectivity index (χ0n) is 9.09. The van der Waals surface area contributed by atoms with Crippen molar-refractivity contribution in [2.45, 2.75) is 25.6 Å². The smallest absolute Gasteiger partial charge is 0.392 e. The van der Waals surface area contributed by atoms with Gasteiger partial charge < -0.3 is 9.84 Å². The van der Waals surface area contributed by atoms with Gasteiger partial charge in [-0.2, -0.15) is 13.2 Å². The number of rotatable bonds is 4. The van der Waals surface area contributed by atoms with Crippen LogP contribution in [0.5, 0.6) is 5.75 Å². The van der Waals surface area contributed by atoms with E-state index < -0.39 is 31.1 Å². The van der Waals surface area contributed by atoms with Crippen LogP contribution in [0.25, 0.3) is 0 Å². The van der Waals surface area contributed by atoms with E-state index in [-0.39, 0.29) is 11.3 Å². The predicted molar refractivity (Wildman–Crippen MR) is 53.2 cm³/mol. The lowest BCUT2D eigenvalue weighted by Gasteiger charge is -2.11. The summed E-state index contributed by atoms with van der Waals surface area (Å²) in [7, 11) is 0. The minimum absolute atomic E-state index is 0.0103. The van der Waals surface area contributed by atoms with Gasteiger partial charge in [0.1, 0.15) is 11.6 Å². The minimum Gasteiger partial charge on any atom is -0.493 e. The van der Waals surface area contributed by atoms with Crippen LogP contribution in [-0.2, 0) is 0 Å². The molecule has 1 aromatic rings. The normalized spacial score (nSPS) is 13.5. The highest BCUT2D eigenvalue weighted by Crippen LogP contribution is 2.23. The Balaban J connectivity index is 2.59.